The number of aromatic nitrogens is 4. The third-order valence-electron chi connectivity index (χ3n) is 3.32. The van der Waals surface area contributed by atoms with Gasteiger partial charge in [-0.2, -0.15) is 13.6 Å². The summed E-state index contributed by atoms with van der Waals surface area (Å²) in [6.45, 7) is -2.60. The summed E-state index contributed by atoms with van der Waals surface area (Å²) in [6, 6.07) is 12.2. The molecule has 0 aliphatic heterocycles. The van der Waals surface area contributed by atoms with Crippen LogP contribution in [0, 0.1) is 0 Å². The maximum atomic E-state index is 12.4. The molecule has 0 radical (unpaired) electrons. The minimum Gasteiger partial charge on any atom is -0.493 e. The summed E-state index contributed by atoms with van der Waals surface area (Å²) in [5, 5.41) is 12.4. The van der Waals surface area contributed by atoms with Crippen LogP contribution in [0.5, 0.6) is 11.5 Å². The highest BCUT2D eigenvalue weighted by atomic mass is 79.9. The second kappa shape index (κ2) is 7.56. The fourth-order valence-electron chi connectivity index (χ4n) is 2.19. The Hall–Kier alpha value is -2.55. The van der Waals surface area contributed by atoms with Gasteiger partial charge in [-0.3, -0.25) is 0 Å². The van der Waals surface area contributed by atoms with Gasteiger partial charge in [0.05, 0.1) is 13.7 Å². The number of alkyl halides is 2. The average Bonchev–Trinajstić information content (AvgIpc) is 3.05. The lowest BCUT2D eigenvalue weighted by Crippen LogP contribution is -2.06. The van der Waals surface area contributed by atoms with Crippen LogP contribution in [0.15, 0.2) is 46.9 Å². The number of nitrogens with zero attached hydrogens (tertiary/aromatic N) is 4. The van der Waals surface area contributed by atoms with Crippen LogP contribution in [-0.2, 0) is 6.54 Å². The first-order valence-electron chi connectivity index (χ1n) is 7.20. The molecule has 0 amide bonds. The van der Waals surface area contributed by atoms with Crippen molar-refractivity contribution in [2.45, 2.75) is 13.2 Å². The molecule has 0 aliphatic carbocycles. The zero-order valence-electron chi connectivity index (χ0n) is 13.1. The predicted octanol–water partition coefficient (Wildman–Crippen LogP) is 3.76. The minimum absolute atomic E-state index is 0.0247. The van der Waals surface area contributed by atoms with Crippen molar-refractivity contribution in [1.29, 1.82) is 0 Å². The summed E-state index contributed by atoms with van der Waals surface area (Å²) < 4.78 is 35.2. The first-order chi connectivity index (χ1) is 12.0. The first kappa shape index (κ1) is 17.3. The van der Waals surface area contributed by atoms with E-state index in [9.17, 15) is 8.78 Å². The first-order valence-corrected chi connectivity index (χ1v) is 8.00. The molecule has 0 aliphatic rings. The Morgan fingerprint density at radius 1 is 1.12 bits per heavy atom. The van der Waals surface area contributed by atoms with Gasteiger partial charge < -0.3 is 9.47 Å². The number of hydrogen-bond acceptors (Lipinski definition) is 5. The van der Waals surface area contributed by atoms with Gasteiger partial charge in [-0.15, -0.1) is 10.2 Å². The van der Waals surface area contributed by atoms with Crippen LogP contribution in [0.25, 0.3) is 11.4 Å². The van der Waals surface area contributed by atoms with Crippen LogP contribution in [0.3, 0.4) is 0 Å². The van der Waals surface area contributed by atoms with Gasteiger partial charge in [0.15, 0.2) is 11.5 Å². The Morgan fingerprint density at radius 3 is 2.56 bits per heavy atom. The van der Waals surface area contributed by atoms with E-state index in [0.717, 1.165) is 15.6 Å². The van der Waals surface area contributed by atoms with E-state index in [1.54, 1.807) is 12.1 Å². The van der Waals surface area contributed by atoms with E-state index >= 15 is 0 Å². The van der Waals surface area contributed by atoms with Crippen LogP contribution < -0.4 is 9.47 Å². The lowest BCUT2D eigenvalue weighted by molar-refractivity contribution is -0.0512. The van der Waals surface area contributed by atoms with E-state index in [0.29, 0.717) is 12.4 Å². The molecule has 3 aromatic rings. The largest absolute Gasteiger partial charge is 0.493 e. The highest BCUT2D eigenvalue weighted by Gasteiger charge is 2.12. The molecule has 0 bridgehead atoms. The Labute approximate surface area is 150 Å². The van der Waals surface area contributed by atoms with Crippen LogP contribution in [0.2, 0.25) is 0 Å². The molecule has 0 saturated heterocycles. The zero-order valence-corrected chi connectivity index (χ0v) is 14.7. The molecule has 0 atom stereocenters. The molecule has 130 valence electrons. The SMILES string of the molecule is COc1cc(Cn2nnc(-c3ccc(Br)cc3)n2)ccc1OC(F)F. The van der Waals surface area contributed by atoms with E-state index in [2.05, 4.69) is 36.1 Å². The fraction of sp³-hybridized carbons (Fsp3) is 0.188. The molecular formula is C16H13BrF2N4O2. The van der Waals surface area contributed by atoms with Crippen molar-refractivity contribution in [3.63, 3.8) is 0 Å². The van der Waals surface area contributed by atoms with Crippen molar-refractivity contribution in [2.24, 2.45) is 0 Å². The summed E-state index contributed by atoms with van der Waals surface area (Å²) in [6.07, 6.45) is 0. The van der Waals surface area contributed by atoms with E-state index in [1.165, 1.54) is 18.0 Å². The summed E-state index contributed by atoms with van der Waals surface area (Å²) >= 11 is 3.37. The molecule has 0 spiro atoms. The molecule has 25 heavy (non-hydrogen) atoms. The number of ether oxygens (including phenoxy) is 2. The second-order valence-electron chi connectivity index (χ2n) is 5.01. The van der Waals surface area contributed by atoms with Gasteiger partial charge in [0.2, 0.25) is 5.82 Å². The highest BCUT2D eigenvalue weighted by molar-refractivity contribution is 9.10. The quantitative estimate of drug-likeness (QED) is 0.618. The monoisotopic (exact) mass is 410 g/mol. The van der Waals surface area contributed by atoms with Crippen LogP contribution in [0.1, 0.15) is 5.56 Å². The Balaban J connectivity index is 1.77. The van der Waals surface area contributed by atoms with Crippen molar-refractivity contribution in [3.05, 3.63) is 52.5 Å². The summed E-state index contributed by atoms with van der Waals surface area (Å²) in [7, 11) is 1.39. The average molecular weight is 411 g/mol. The second-order valence-corrected chi connectivity index (χ2v) is 5.93. The molecule has 9 heteroatoms. The van der Waals surface area contributed by atoms with Crippen molar-refractivity contribution in [2.75, 3.05) is 7.11 Å². The molecule has 1 heterocycles. The molecule has 0 saturated carbocycles. The molecule has 2 aromatic carbocycles. The van der Waals surface area contributed by atoms with Gasteiger partial charge >= 0.3 is 6.61 Å². The number of hydrogen-bond donors (Lipinski definition) is 0. The predicted molar refractivity (Wildman–Crippen MR) is 89.7 cm³/mol. The summed E-state index contributed by atoms with van der Waals surface area (Å²) in [5.41, 5.74) is 1.60. The third-order valence-corrected chi connectivity index (χ3v) is 3.85. The van der Waals surface area contributed by atoms with Gasteiger partial charge in [0.25, 0.3) is 0 Å². The van der Waals surface area contributed by atoms with Crippen molar-refractivity contribution in [1.82, 2.24) is 20.2 Å². The molecule has 3 rings (SSSR count). The summed E-state index contributed by atoms with van der Waals surface area (Å²) in [5.74, 6) is 0.687. The minimum atomic E-state index is -2.91. The van der Waals surface area contributed by atoms with E-state index in [4.69, 9.17) is 4.74 Å². The Kier molecular flexibility index (Phi) is 5.22. The van der Waals surface area contributed by atoms with Gasteiger partial charge in [-0.05, 0) is 47.2 Å². The standard InChI is InChI=1S/C16H13BrF2N4O2/c1-24-14-8-10(2-7-13(14)25-16(18)19)9-23-21-15(20-22-23)11-3-5-12(17)6-4-11/h2-8,16H,9H2,1H3. The number of halogens is 3. The number of tetrazole rings is 1. The van der Waals surface area contributed by atoms with Crippen LogP contribution in [-0.4, -0.2) is 33.9 Å². The molecule has 0 fully saturated rings. The van der Waals surface area contributed by atoms with Crippen LogP contribution >= 0.6 is 15.9 Å². The van der Waals surface area contributed by atoms with Gasteiger partial charge in [0, 0.05) is 10.0 Å². The van der Waals surface area contributed by atoms with Crippen molar-refractivity contribution >= 4 is 15.9 Å². The van der Waals surface area contributed by atoms with Crippen molar-refractivity contribution in [3.8, 4) is 22.9 Å². The van der Waals surface area contributed by atoms with Crippen molar-refractivity contribution < 1.29 is 18.3 Å². The van der Waals surface area contributed by atoms with Gasteiger partial charge in [-0.1, -0.05) is 22.0 Å². The Morgan fingerprint density at radius 2 is 1.88 bits per heavy atom. The third kappa shape index (κ3) is 4.30. The molecular weight excluding hydrogens is 398 g/mol. The Bertz CT molecular complexity index is 856. The summed E-state index contributed by atoms with van der Waals surface area (Å²) in [4.78, 5) is 1.42. The van der Waals surface area contributed by atoms with Gasteiger partial charge in [0.1, 0.15) is 0 Å². The van der Waals surface area contributed by atoms with Crippen LogP contribution in [0.4, 0.5) is 8.78 Å². The topological polar surface area (TPSA) is 62.1 Å². The molecule has 0 unspecified atom stereocenters. The maximum absolute atomic E-state index is 12.4. The zero-order chi connectivity index (χ0) is 17.8. The molecule has 1 aromatic heterocycles. The fourth-order valence-corrected chi connectivity index (χ4v) is 2.46. The highest BCUT2D eigenvalue weighted by Crippen LogP contribution is 2.29. The molecule has 6 nitrogen and oxygen atoms in total. The van der Waals surface area contributed by atoms with Gasteiger partial charge in [-0.25, -0.2) is 0 Å². The van der Waals surface area contributed by atoms with E-state index < -0.39 is 6.61 Å². The maximum Gasteiger partial charge on any atom is 0.387 e. The molecule has 0 N–H and O–H groups in total. The van der Waals surface area contributed by atoms with E-state index in [1.807, 2.05) is 24.3 Å². The number of benzene rings is 2. The lowest BCUT2D eigenvalue weighted by Gasteiger charge is -2.11. The smallest absolute Gasteiger partial charge is 0.387 e. The number of rotatable bonds is 6. The number of methoxy groups -OCH3 is 1. The normalized spacial score (nSPS) is 10.9. The lowest BCUT2D eigenvalue weighted by atomic mass is 10.2. The van der Waals surface area contributed by atoms with E-state index in [-0.39, 0.29) is 11.5 Å².